The zero-order valence-corrected chi connectivity index (χ0v) is 15.8. The lowest BCUT2D eigenvalue weighted by molar-refractivity contribution is -0.130. The maximum atomic E-state index is 12.6. The predicted molar refractivity (Wildman–Crippen MR) is 106 cm³/mol. The van der Waals surface area contributed by atoms with Crippen molar-refractivity contribution in [1.82, 2.24) is 4.90 Å². The summed E-state index contributed by atoms with van der Waals surface area (Å²) < 4.78 is 5.16. The van der Waals surface area contributed by atoms with Crippen LogP contribution in [0.1, 0.15) is 5.56 Å². The summed E-state index contributed by atoms with van der Waals surface area (Å²) in [6, 6.07) is 16.3. The first kappa shape index (κ1) is 18.1. The molecule has 1 saturated heterocycles. The molecule has 1 aliphatic rings. The molecule has 0 saturated carbocycles. The van der Waals surface area contributed by atoms with Gasteiger partial charge in [-0.3, -0.25) is 4.79 Å². The average Bonchev–Trinajstić information content (AvgIpc) is 2.69. The minimum atomic E-state index is 0.192. The fraction of sp³-hybridized carbons (Fsp3) is 0.381. The Bertz CT molecular complexity index is 718. The van der Waals surface area contributed by atoms with Crippen molar-refractivity contribution < 1.29 is 9.53 Å². The van der Waals surface area contributed by atoms with E-state index in [4.69, 9.17) is 4.74 Å². The van der Waals surface area contributed by atoms with Gasteiger partial charge in [-0.1, -0.05) is 12.1 Å². The number of benzene rings is 2. The van der Waals surface area contributed by atoms with Crippen LogP contribution >= 0.6 is 0 Å². The number of carbonyl (C=O) groups excluding carboxylic acids is 1. The van der Waals surface area contributed by atoms with Gasteiger partial charge < -0.3 is 19.4 Å². The molecule has 0 atom stereocenters. The van der Waals surface area contributed by atoms with E-state index >= 15 is 0 Å². The number of piperazine rings is 1. The van der Waals surface area contributed by atoms with E-state index in [0.717, 1.165) is 37.5 Å². The van der Waals surface area contributed by atoms with Crippen LogP contribution in [0.25, 0.3) is 0 Å². The van der Waals surface area contributed by atoms with E-state index < -0.39 is 0 Å². The number of methoxy groups -OCH3 is 1. The normalized spacial score (nSPS) is 14.3. The molecule has 138 valence electrons. The predicted octanol–water partition coefficient (Wildman–Crippen LogP) is 2.65. The molecule has 3 rings (SSSR count). The lowest BCUT2D eigenvalue weighted by Gasteiger charge is -2.36. The number of ether oxygens (including phenoxy) is 1. The van der Waals surface area contributed by atoms with Gasteiger partial charge in [0, 0.05) is 51.6 Å². The Balaban J connectivity index is 1.53. The highest BCUT2D eigenvalue weighted by Gasteiger charge is 2.21. The zero-order valence-electron chi connectivity index (χ0n) is 15.8. The summed E-state index contributed by atoms with van der Waals surface area (Å²) in [5.41, 5.74) is 3.44. The molecule has 2 aromatic carbocycles. The Kier molecular flexibility index (Phi) is 5.66. The molecule has 0 bridgehead atoms. The highest BCUT2D eigenvalue weighted by molar-refractivity contribution is 5.79. The molecule has 0 unspecified atom stereocenters. The van der Waals surface area contributed by atoms with Crippen LogP contribution in [-0.4, -0.2) is 58.2 Å². The number of rotatable bonds is 5. The van der Waals surface area contributed by atoms with Crippen molar-refractivity contribution in [1.29, 1.82) is 0 Å². The SMILES string of the molecule is COc1ccc(CC(=O)N2CCN(c3ccc(N(C)C)cc3)CC2)cc1. The lowest BCUT2D eigenvalue weighted by atomic mass is 10.1. The van der Waals surface area contributed by atoms with E-state index in [0.29, 0.717) is 6.42 Å². The Morgan fingerprint density at radius 2 is 1.58 bits per heavy atom. The van der Waals surface area contributed by atoms with Crippen LogP contribution in [-0.2, 0) is 11.2 Å². The minimum Gasteiger partial charge on any atom is -0.497 e. The van der Waals surface area contributed by atoms with Gasteiger partial charge in [0.2, 0.25) is 5.91 Å². The van der Waals surface area contributed by atoms with Crippen LogP contribution in [0, 0.1) is 0 Å². The monoisotopic (exact) mass is 353 g/mol. The van der Waals surface area contributed by atoms with Crippen molar-refractivity contribution in [2.75, 3.05) is 57.2 Å². The first-order valence-electron chi connectivity index (χ1n) is 9.00. The molecule has 1 fully saturated rings. The molecule has 5 heteroatoms. The molecule has 0 aromatic heterocycles. The van der Waals surface area contributed by atoms with Gasteiger partial charge in [0.15, 0.2) is 0 Å². The molecule has 0 N–H and O–H groups in total. The zero-order chi connectivity index (χ0) is 18.5. The smallest absolute Gasteiger partial charge is 0.227 e. The topological polar surface area (TPSA) is 36.0 Å². The second kappa shape index (κ2) is 8.13. The molecule has 0 spiro atoms. The molecule has 0 aliphatic carbocycles. The minimum absolute atomic E-state index is 0.192. The number of amides is 1. The number of carbonyl (C=O) groups is 1. The standard InChI is InChI=1S/C21H27N3O2/c1-22(2)18-6-8-19(9-7-18)23-12-14-24(15-13-23)21(25)16-17-4-10-20(26-3)11-5-17/h4-11H,12-16H2,1-3H3. The molecule has 5 nitrogen and oxygen atoms in total. The van der Waals surface area contributed by atoms with Crippen molar-refractivity contribution in [3.05, 3.63) is 54.1 Å². The van der Waals surface area contributed by atoms with Gasteiger partial charge in [-0.2, -0.15) is 0 Å². The second-order valence-corrected chi connectivity index (χ2v) is 6.80. The van der Waals surface area contributed by atoms with Gasteiger partial charge in [0.05, 0.1) is 13.5 Å². The molecule has 1 aliphatic heterocycles. The van der Waals surface area contributed by atoms with Gasteiger partial charge in [-0.15, -0.1) is 0 Å². The van der Waals surface area contributed by atoms with Crippen LogP contribution in [0.3, 0.4) is 0 Å². The quantitative estimate of drug-likeness (QED) is 0.828. The first-order valence-corrected chi connectivity index (χ1v) is 9.00. The number of nitrogens with zero attached hydrogens (tertiary/aromatic N) is 3. The van der Waals surface area contributed by atoms with Crippen LogP contribution in [0.15, 0.2) is 48.5 Å². The molecule has 2 aromatic rings. The Hall–Kier alpha value is -2.69. The van der Waals surface area contributed by atoms with Crippen molar-refractivity contribution in [2.24, 2.45) is 0 Å². The van der Waals surface area contributed by atoms with E-state index in [2.05, 4.69) is 34.1 Å². The third-order valence-corrected chi connectivity index (χ3v) is 4.88. The van der Waals surface area contributed by atoms with Gasteiger partial charge in [-0.05, 0) is 42.0 Å². The van der Waals surface area contributed by atoms with E-state index in [-0.39, 0.29) is 5.91 Å². The summed E-state index contributed by atoms with van der Waals surface area (Å²) in [6.07, 6.45) is 0.446. The number of hydrogen-bond acceptors (Lipinski definition) is 4. The Labute approximate surface area is 155 Å². The number of hydrogen-bond donors (Lipinski definition) is 0. The Morgan fingerprint density at radius 1 is 0.962 bits per heavy atom. The van der Waals surface area contributed by atoms with Gasteiger partial charge in [0.25, 0.3) is 0 Å². The Morgan fingerprint density at radius 3 is 2.12 bits per heavy atom. The van der Waals surface area contributed by atoms with E-state index in [9.17, 15) is 4.79 Å². The first-order chi connectivity index (χ1) is 12.6. The van der Waals surface area contributed by atoms with Gasteiger partial charge >= 0.3 is 0 Å². The number of anilines is 2. The maximum absolute atomic E-state index is 12.6. The molecule has 1 heterocycles. The summed E-state index contributed by atoms with van der Waals surface area (Å²) >= 11 is 0. The summed E-state index contributed by atoms with van der Waals surface area (Å²) in [7, 11) is 5.73. The molecule has 26 heavy (non-hydrogen) atoms. The van der Waals surface area contributed by atoms with Crippen LogP contribution in [0.4, 0.5) is 11.4 Å². The van der Waals surface area contributed by atoms with Crippen LogP contribution in [0.5, 0.6) is 5.75 Å². The largest absolute Gasteiger partial charge is 0.497 e. The highest BCUT2D eigenvalue weighted by atomic mass is 16.5. The summed E-state index contributed by atoms with van der Waals surface area (Å²) in [4.78, 5) is 19.0. The molecule has 1 amide bonds. The second-order valence-electron chi connectivity index (χ2n) is 6.80. The van der Waals surface area contributed by atoms with Crippen molar-refractivity contribution in [2.45, 2.75) is 6.42 Å². The fourth-order valence-corrected chi connectivity index (χ4v) is 3.21. The van der Waals surface area contributed by atoms with E-state index in [1.54, 1.807) is 7.11 Å². The highest BCUT2D eigenvalue weighted by Crippen LogP contribution is 2.21. The molecule has 0 radical (unpaired) electrons. The fourth-order valence-electron chi connectivity index (χ4n) is 3.21. The lowest BCUT2D eigenvalue weighted by Crippen LogP contribution is -2.49. The van der Waals surface area contributed by atoms with Crippen molar-refractivity contribution >= 4 is 17.3 Å². The van der Waals surface area contributed by atoms with Crippen molar-refractivity contribution in [3.8, 4) is 5.75 Å². The summed E-state index contributed by atoms with van der Waals surface area (Å²) in [5, 5.41) is 0. The van der Waals surface area contributed by atoms with E-state index in [1.165, 1.54) is 11.4 Å². The summed E-state index contributed by atoms with van der Waals surface area (Å²) in [5.74, 6) is 1.01. The average molecular weight is 353 g/mol. The molecular formula is C21H27N3O2. The molecular weight excluding hydrogens is 326 g/mol. The van der Waals surface area contributed by atoms with Crippen LogP contribution < -0.4 is 14.5 Å². The van der Waals surface area contributed by atoms with E-state index in [1.807, 2.05) is 43.3 Å². The summed E-state index contributed by atoms with van der Waals surface area (Å²) in [6.45, 7) is 3.28. The van der Waals surface area contributed by atoms with Gasteiger partial charge in [-0.25, -0.2) is 0 Å². The third kappa shape index (κ3) is 4.28. The van der Waals surface area contributed by atoms with Gasteiger partial charge in [0.1, 0.15) is 5.75 Å². The van der Waals surface area contributed by atoms with Crippen LogP contribution in [0.2, 0.25) is 0 Å². The third-order valence-electron chi connectivity index (χ3n) is 4.88. The maximum Gasteiger partial charge on any atom is 0.227 e. The van der Waals surface area contributed by atoms with Crippen molar-refractivity contribution in [3.63, 3.8) is 0 Å².